The first-order valence-electron chi connectivity index (χ1n) is 8.98. The topological polar surface area (TPSA) is 38.1 Å². The van der Waals surface area contributed by atoms with Gasteiger partial charge in [-0.25, -0.2) is 4.98 Å². The number of aryl methyl sites for hydroxylation is 1. The van der Waals surface area contributed by atoms with E-state index in [0.717, 1.165) is 47.7 Å². The molecule has 2 heterocycles. The lowest BCUT2D eigenvalue weighted by molar-refractivity contribution is 0.289. The Morgan fingerprint density at radius 2 is 1.84 bits per heavy atom. The zero-order chi connectivity index (χ0) is 17.8. The van der Waals surface area contributed by atoms with E-state index in [1.165, 1.54) is 4.88 Å². The van der Waals surface area contributed by atoms with Crippen LogP contribution < -0.4 is 5.56 Å². The van der Waals surface area contributed by atoms with Crippen molar-refractivity contribution in [3.05, 3.63) is 51.6 Å². The molecular formula is C20H25N3OS. The minimum atomic E-state index is 0.0759. The average Bonchev–Trinajstić information content (AvgIpc) is 3.08. The maximum Gasteiger partial charge on any atom is 0.262 e. The summed E-state index contributed by atoms with van der Waals surface area (Å²) in [5, 5.41) is 0.751. The Bertz CT molecular complexity index is 894. The van der Waals surface area contributed by atoms with E-state index in [2.05, 4.69) is 25.7 Å². The Balaban J connectivity index is 2.13. The molecule has 5 heteroatoms. The van der Waals surface area contributed by atoms with Crippen molar-refractivity contribution in [1.29, 1.82) is 0 Å². The summed E-state index contributed by atoms with van der Waals surface area (Å²) in [6.07, 6.45) is 0.931. The van der Waals surface area contributed by atoms with Crippen LogP contribution in [0.2, 0.25) is 0 Å². The van der Waals surface area contributed by atoms with E-state index in [9.17, 15) is 4.79 Å². The highest BCUT2D eigenvalue weighted by atomic mass is 32.1. The van der Waals surface area contributed by atoms with Crippen molar-refractivity contribution in [3.8, 4) is 11.4 Å². The lowest BCUT2D eigenvalue weighted by atomic mass is 10.2. The highest BCUT2D eigenvalue weighted by Crippen LogP contribution is 2.25. The van der Waals surface area contributed by atoms with E-state index in [1.807, 2.05) is 41.0 Å². The van der Waals surface area contributed by atoms with Gasteiger partial charge in [0.2, 0.25) is 0 Å². The van der Waals surface area contributed by atoms with Crippen LogP contribution in [0.25, 0.3) is 21.6 Å². The van der Waals surface area contributed by atoms with Gasteiger partial charge in [-0.1, -0.05) is 51.1 Å². The van der Waals surface area contributed by atoms with Crippen LogP contribution in [0.1, 0.15) is 25.6 Å². The van der Waals surface area contributed by atoms with Gasteiger partial charge in [0.15, 0.2) is 0 Å². The molecule has 0 atom stereocenters. The van der Waals surface area contributed by atoms with Gasteiger partial charge in [0, 0.05) is 23.5 Å². The van der Waals surface area contributed by atoms with Crippen molar-refractivity contribution in [3.63, 3.8) is 0 Å². The van der Waals surface area contributed by atoms with Crippen LogP contribution in [0.15, 0.2) is 41.2 Å². The first kappa shape index (κ1) is 17.8. The zero-order valence-corrected chi connectivity index (χ0v) is 16.0. The van der Waals surface area contributed by atoms with Gasteiger partial charge in [-0.2, -0.15) is 0 Å². The van der Waals surface area contributed by atoms with Crippen molar-refractivity contribution in [2.45, 2.75) is 33.7 Å². The van der Waals surface area contributed by atoms with E-state index >= 15 is 0 Å². The summed E-state index contributed by atoms with van der Waals surface area (Å²) in [6, 6.07) is 12.0. The maximum atomic E-state index is 13.2. The Morgan fingerprint density at radius 3 is 2.48 bits per heavy atom. The molecule has 0 spiro atoms. The van der Waals surface area contributed by atoms with Crippen molar-refractivity contribution in [1.82, 2.24) is 14.5 Å². The number of aromatic nitrogens is 2. The summed E-state index contributed by atoms with van der Waals surface area (Å²) in [5.41, 5.74) is 1.07. The maximum absolute atomic E-state index is 13.2. The molecule has 2 aromatic heterocycles. The smallest absolute Gasteiger partial charge is 0.262 e. The third kappa shape index (κ3) is 3.67. The average molecular weight is 356 g/mol. The fourth-order valence-electron chi connectivity index (χ4n) is 3.04. The molecule has 3 rings (SSSR count). The van der Waals surface area contributed by atoms with Crippen molar-refractivity contribution >= 4 is 21.6 Å². The number of nitrogens with zero attached hydrogens (tertiary/aromatic N) is 3. The molecule has 4 nitrogen and oxygen atoms in total. The third-order valence-electron chi connectivity index (χ3n) is 4.62. The number of likely N-dealkylation sites (N-methyl/N-ethyl adjacent to an activating group) is 1. The van der Waals surface area contributed by atoms with Gasteiger partial charge in [-0.15, -0.1) is 11.3 Å². The number of rotatable bonds is 7. The van der Waals surface area contributed by atoms with Crippen LogP contribution in [0.5, 0.6) is 0 Å². The summed E-state index contributed by atoms with van der Waals surface area (Å²) < 4.78 is 1.85. The summed E-state index contributed by atoms with van der Waals surface area (Å²) in [4.78, 5) is 22.4. The van der Waals surface area contributed by atoms with Gasteiger partial charge in [0.25, 0.3) is 5.56 Å². The molecule has 1 aromatic carbocycles. The molecule has 0 aliphatic rings. The number of hydrogen-bond acceptors (Lipinski definition) is 4. The number of fused-ring (bicyclic) bond motifs is 1. The van der Waals surface area contributed by atoms with Crippen LogP contribution >= 0.6 is 11.3 Å². The Morgan fingerprint density at radius 1 is 1.12 bits per heavy atom. The van der Waals surface area contributed by atoms with Crippen LogP contribution in [-0.2, 0) is 13.0 Å². The third-order valence-corrected chi connectivity index (χ3v) is 5.79. The Hall–Kier alpha value is -1.98. The molecule has 0 unspecified atom stereocenters. The lowest BCUT2D eigenvalue weighted by Gasteiger charge is -2.20. The Labute approximate surface area is 152 Å². The normalized spacial score (nSPS) is 11.5. The van der Waals surface area contributed by atoms with Crippen molar-refractivity contribution < 1.29 is 0 Å². The first-order valence-corrected chi connectivity index (χ1v) is 9.80. The number of benzene rings is 1. The Kier molecular flexibility index (Phi) is 5.66. The van der Waals surface area contributed by atoms with E-state index < -0.39 is 0 Å². The van der Waals surface area contributed by atoms with E-state index in [1.54, 1.807) is 11.3 Å². The van der Waals surface area contributed by atoms with Gasteiger partial charge in [-0.05, 0) is 25.6 Å². The number of hydrogen-bond donors (Lipinski definition) is 0. The second-order valence-electron chi connectivity index (χ2n) is 6.07. The summed E-state index contributed by atoms with van der Waals surface area (Å²) in [7, 11) is 0. The van der Waals surface area contributed by atoms with E-state index in [0.29, 0.717) is 6.54 Å². The molecule has 25 heavy (non-hydrogen) atoms. The number of thiophene rings is 1. The molecule has 3 aromatic rings. The molecule has 0 aliphatic heterocycles. The highest BCUT2D eigenvalue weighted by Gasteiger charge is 2.15. The quantitative estimate of drug-likeness (QED) is 0.642. The van der Waals surface area contributed by atoms with E-state index in [4.69, 9.17) is 4.98 Å². The summed E-state index contributed by atoms with van der Waals surface area (Å²) in [5.74, 6) is 0.773. The first-order chi connectivity index (χ1) is 12.2. The second-order valence-corrected chi connectivity index (χ2v) is 7.19. The predicted octanol–water partition coefficient (Wildman–Crippen LogP) is 4.03. The standard InChI is InChI=1S/C20H25N3OS/c1-4-16-14-17-19(25-16)21-18(15-10-8-7-9-11-15)23(20(17)24)13-12-22(5-2)6-3/h7-11,14H,4-6,12-13H2,1-3H3. The molecule has 0 saturated carbocycles. The second kappa shape index (κ2) is 7.93. The molecule has 0 saturated heterocycles. The SMILES string of the molecule is CCc1cc2c(=O)n(CCN(CC)CC)c(-c3ccccc3)nc2s1. The molecule has 0 amide bonds. The molecule has 0 N–H and O–H groups in total. The minimum absolute atomic E-state index is 0.0759. The molecule has 0 fully saturated rings. The predicted molar refractivity (Wildman–Crippen MR) is 106 cm³/mol. The van der Waals surface area contributed by atoms with Gasteiger partial charge in [0.1, 0.15) is 10.7 Å². The molecule has 0 radical (unpaired) electrons. The molecule has 132 valence electrons. The molecule has 0 bridgehead atoms. The zero-order valence-electron chi connectivity index (χ0n) is 15.2. The lowest BCUT2D eigenvalue weighted by Crippen LogP contribution is -2.32. The van der Waals surface area contributed by atoms with Gasteiger partial charge < -0.3 is 4.90 Å². The monoisotopic (exact) mass is 355 g/mol. The molecule has 0 aliphatic carbocycles. The largest absolute Gasteiger partial charge is 0.302 e. The van der Waals surface area contributed by atoms with Crippen LogP contribution in [0.3, 0.4) is 0 Å². The fraction of sp³-hybridized carbons (Fsp3) is 0.400. The van der Waals surface area contributed by atoms with Gasteiger partial charge in [0.05, 0.1) is 5.39 Å². The van der Waals surface area contributed by atoms with Crippen LogP contribution in [0, 0.1) is 0 Å². The van der Waals surface area contributed by atoms with Crippen molar-refractivity contribution in [2.75, 3.05) is 19.6 Å². The highest BCUT2D eigenvalue weighted by molar-refractivity contribution is 7.18. The molecular weight excluding hydrogens is 330 g/mol. The summed E-state index contributed by atoms with van der Waals surface area (Å²) >= 11 is 1.63. The van der Waals surface area contributed by atoms with E-state index in [-0.39, 0.29) is 5.56 Å². The van der Waals surface area contributed by atoms with Crippen LogP contribution in [0.4, 0.5) is 0 Å². The fourth-order valence-corrected chi connectivity index (χ4v) is 3.99. The van der Waals surface area contributed by atoms with Crippen LogP contribution in [-0.4, -0.2) is 34.1 Å². The van der Waals surface area contributed by atoms with Crippen molar-refractivity contribution in [2.24, 2.45) is 0 Å². The minimum Gasteiger partial charge on any atom is -0.302 e. The van der Waals surface area contributed by atoms with Gasteiger partial charge in [-0.3, -0.25) is 9.36 Å². The van der Waals surface area contributed by atoms with Gasteiger partial charge >= 0.3 is 0 Å². The summed E-state index contributed by atoms with van der Waals surface area (Å²) in [6.45, 7) is 9.90.